The smallest absolute Gasteiger partial charge is 0.243 e. The normalized spacial score (nSPS) is 22.1. The van der Waals surface area contributed by atoms with Gasteiger partial charge in [0.05, 0.1) is 16.3 Å². The highest BCUT2D eigenvalue weighted by Gasteiger charge is 2.37. The summed E-state index contributed by atoms with van der Waals surface area (Å²) in [7, 11) is -7.32. The van der Waals surface area contributed by atoms with Crippen molar-refractivity contribution in [2.75, 3.05) is 23.1 Å². The topological polar surface area (TPSA) is 91.8 Å². The van der Waals surface area contributed by atoms with Crippen LogP contribution in [0.1, 0.15) is 37.3 Å². The number of hydrogen-bond donors (Lipinski definition) is 0. The van der Waals surface area contributed by atoms with Gasteiger partial charge in [0.2, 0.25) is 26.0 Å². The molecule has 2 aliphatic rings. The van der Waals surface area contributed by atoms with Gasteiger partial charge < -0.3 is 0 Å². The van der Waals surface area contributed by atoms with E-state index in [1.807, 2.05) is 0 Å². The van der Waals surface area contributed by atoms with Crippen LogP contribution in [0.15, 0.2) is 17.0 Å². The van der Waals surface area contributed by atoms with Gasteiger partial charge >= 0.3 is 0 Å². The molecule has 0 aliphatic carbocycles. The summed E-state index contributed by atoms with van der Waals surface area (Å²) < 4.78 is 52.7. The summed E-state index contributed by atoms with van der Waals surface area (Å²) in [6.45, 7) is 6.38. The number of amides is 1. The van der Waals surface area contributed by atoms with Crippen LogP contribution in [-0.2, 0) is 24.8 Å². The molecule has 1 aromatic carbocycles. The SMILES string of the molecule is Cc1cc(N2C(=O)CCS2(=O)=O)cc(C)c1S(=O)(=O)N1CCC(C)CC1. The molecule has 0 unspecified atom stereocenters. The second-order valence-electron chi connectivity index (χ2n) is 7.22. The van der Waals surface area contributed by atoms with E-state index in [4.69, 9.17) is 0 Å². The van der Waals surface area contributed by atoms with Crippen LogP contribution in [0.4, 0.5) is 5.69 Å². The van der Waals surface area contributed by atoms with Gasteiger partial charge in [0.1, 0.15) is 0 Å². The molecule has 7 nitrogen and oxygen atoms in total. The Hall–Kier alpha value is -1.45. The minimum atomic E-state index is -3.67. The molecule has 0 saturated carbocycles. The fourth-order valence-electron chi connectivity index (χ4n) is 3.67. The third-order valence-corrected chi connectivity index (χ3v) is 8.99. The summed E-state index contributed by atoms with van der Waals surface area (Å²) in [5.41, 5.74) is 1.12. The molecule has 0 N–H and O–H groups in total. The van der Waals surface area contributed by atoms with E-state index in [0.29, 0.717) is 30.1 Å². The Morgan fingerprint density at radius 2 is 1.62 bits per heavy atom. The maximum Gasteiger partial charge on any atom is 0.243 e. The minimum Gasteiger partial charge on any atom is -0.273 e. The number of aryl methyl sites for hydroxylation is 2. The monoisotopic (exact) mass is 400 g/mol. The molecular weight excluding hydrogens is 376 g/mol. The molecule has 144 valence electrons. The van der Waals surface area contributed by atoms with Crippen molar-refractivity contribution in [3.63, 3.8) is 0 Å². The predicted molar refractivity (Wildman–Crippen MR) is 99.0 cm³/mol. The van der Waals surface area contributed by atoms with Crippen LogP contribution in [0.3, 0.4) is 0 Å². The summed E-state index contributed by atoms with van der Waals surface area (Å²) in [4.78, 5) is 12.2. The lowest BCUT2D eigenvalue weighted by atomic mass is 10.0. The Morgan fingerprint density at radius 1 is 1.08 bits per heavy atom. The molecule has 9 heteroatoms. The van der Waals surface area contributed by atoms with Gasteiger partial charge in [0.25, 0.3) is 0 Å². The van der Waals surface area contributed by atoms with Gasteiger partial charge in [-0.05, 0) is 55.9 Å². The fraction of sp³-hybridized carbons (Fsp3) is 0.588. The van der Waals surface area contributed by atoms with Gasteiger partial charge in [0.15, 0.2) is 0 Å². The first-order valence-electron chi connectivity index (χ1n) is 8.71. The van der Waals surface area contributed by atoms with E-state index >= 15 is 0 Å². The maximum atomic E-state index is 13.1. The summed E-state index contributed by atoms with van der Waals surface area (Å²) in [5, 5.41) is 0. The van der Waals surface area contributed by atoms with E-state index in [-0.39, 0.29) is 22.8 Å². The van der Waals surface area contributed by atoms with Crippen LogP contribution in [0.5, 0.6) is 0 Å². The number of carbonyl (C=O) groups excluding carboxylic acids is 1. The quantitative estimate of drug-likeness (QED) is 0.771. The third kappa shape index (κ3) is 3.27. The molecule has 0 atom stereocenters. The number of hydrogen-bond acceptors (Lipinski definition) is 5. The van der Waals surface area contributed by atoms with Gasteiger partial charge in [-0.25, -0.2) is 21.1 Å². The molecule has 3 rings (SSSR count). The molecule has 2 saturated heterocycles. The number of carbonyl (C=O) groups is 1. The Bertz CT molecular complexity index is 922. The highest BCUT2D eigenvalue weighted by molar-refractivity contribution is 7.94. The zero-order valence-corrected chi connectivity index (χ0v) is 16.9. The van der Waals surface area contributed by atoms with Crippen LogP contribution >= 0.6 is 0 Å². The standard InChI is InChI=1S/C17H24N2O5S2/c1-12-4-7-18(8-5-12)26(23,24)17-13(2)10-15(11-14(17)3)19-16(20)6-9-25(19,21)22/h10-12H,4-9H2,1-3H3. The van der Waals surface area contributed by atoms with E-state index in [1.165, 1.54) is 16.4 Å². The molecule has 2 aliphatic heterocycles. The summed E-state index contributed by atoms with van der Waals surface area (Å²) in [5.74, 6) is -0.183. The van der Waals surface area contributed by atoms with Crippen LogP contribution in [0, 0.1) is 19.8 Å². The first kappa shape index (κ1) is 19.3. The second-order valence-corrected chi connectivity index (χ2v) is 11.0. The minimum absolute atomic E-state index is 0.0492. The summed E-state index contributed by atoms with van der Waals surface area (Å²) in [6.07, 6.45) is 1.61. The van der Waals surface area contributed by atoms with Crippen molar-refractivity contribution >= 4 is 31.6 Å². The van der Waals surface area contributed by atoms with Crippen molar-refractivity contribution < 1.29 is 21.6 Å². The van der Waals surface area contributed by atoms with E-state index < -0.39 is 26.0 Å². The molecule has 1 amide bonds. The average molecular weight is 401 g/mol. The van der Waals surface area contributed by atoms with Crippen molar-refractivity contribution in [2.45, 2.75) is 44.9 Å². The molecule has 2 heterocycles. The largest absolute Gasteiger partial charge is 0.273 e. The number of benzene rings is 1. The summed E-state index contributed by atoms with van der Waals surface area (Å²) >= 11 is 0. The van der Waals surface area contributed by atoms with E-state index in [1.54, 1.807) is 13.8 Å². The van der Waals surface area contributed by atoms with Crippen LogP contribution in [0.25, 0.3) is 0 Å². The number of nitrogens with zero attached hydrogens (tertiary/aromatic N) is 2. The number of piperidine rings is 1. The Balaban J connectivity index is 2.02. The van der Waals surface area contributed by atoms with Crippen molar-refractivity contribution in [1.29, 1.82) is 0 Å². The molecule has 0 spiro atoms. The second kappa shape index (κ2) is 6.61. The average Bonchev–Trinajstić information content (AvgIpc) is 2.79. The molecule has 26 heavy (non-hydrogen) atoms. The highest BCUT2D eigenvalue weighted by Crippen LogP contribution is 2.33. The van der Waals surface area contributed by atoms with Gasteiger partial charge in [-0.3, -0.25) is 4.79 Å². The van der Waals surface area contributed by atoms with Crippen molar-refractivity contribution in [2.24, 2.45) is 5.92 Å². The number of rotatable bonds is 3. The first-order valence-corrected chi connectivity index (χ1v) is 11.8. The van der Waals surface area contributed by atoms with Gasteiger partial charge in [-0.2, -0.15) is 4.31 Å². The zero-order chi connectivity index (χ0) is 19.3. The van der Waals surface area contributed by atoms with Gasteiger partial charge in [-0.1, -0.05) is 6.92 Å². The van der Waals surface area contributed by atoms with Crippen molar-refractivity contribution in [3.8, 4) is 0 Å². The van der Waals surface area contributed by atoms with E-state index in [2.05, 4.69) is 6.92 Å². The lowest BCUT2D eigenvalue weighted by molar-refractivity contribution is -0.116. The molecule has 0 aromatic heterocycles. The maximum absolute atomic E-state index is 13.1. The number of sulfonamides is 2. The Labute approximate surface area is 155 Å². The van der Waals surface area contributed by atoms with Crippen molar-refractivity contribution in [3.05, 3.63) is 23.3 Å². The predicted octanol–water partition coefficient (Wildman–Crippen LogP) is 1.79. The highest BCUT2D eigenvalue weighted by atomic mass is 32.2. The lowest BCUT2D eigenvalue weighted by Gasteiger charge is -2.30. The van der Waals surface area contributed by atoms with Crippen molar-refractivity contribution in [1.82, 2.24) is 4.31 Å². The summed E-state index contributed by atoms with van der Waals surface area (Å²) in [6, 6.07) is 2.96. The molecule has 0 radical (unpaired) electrons. The zero-order valence-electron chi connectivity index (χ0n) is 15.2. The molecule has 1 aromatic rings. The van der Waals surface area contributed by atoms with E-state index in [9.17, 15) is 21.6 Å². The molecule has 0 bridgehead atoms. The fourth-order valence-corrected chi connectivity index (χ4v) is 7.00. The van der Waals surface area contributed by atoms with E-state index in [0.717, 1.165) is 17.1 Å². The third-order valence-electron chi connectivity index (χ3n) is 5.10. The lowest BCUT2D eigenvalue weighted by Crippen LogP contribution is -2.38. The van der Waals surface area contributed by atoms with Gasteiger partial charge in [-0.15, -0.1) is 0 Å². The van der Waals surface area contributed by atoms with Crippen LogP contribution in [-0.4, -0.2) is 45.9 Å². The Morgan fingerprint density at radius 3 is 2.08 bits per heavy atom. The first-order chi connectivity index (χ1) is 12.0. The molecular formula is C17H24N2O5S2. The number of anilines is 1. The van der Waals surface area contributed by atoms with Gasteiger partial charge in [0, 0.05) is 19.5 Å². The molecule has 2 fully saturated rings. The van der Waals surface area contributed by atoms with Crippen LogP contribution in [0.2, 0.25) is 0 Å². The van der Waals surface area contributed by atoms with Crippen LogP contribution < -0.4 is 4.31 Å². The Kier molecular flexibility index (Phi) is 4.91.